The van der Waals surface area contributed by atoms with Crippen LogP contribution < -0.4 is 9.50 Å². The number of nitrogens with one attached hydrogen (secondary N) is 1. The van der Waals surface area contributed by atoms with Gasteiger partial charge in [-0.2, -0.15) is 8.42 Å². The van der Waals surface area contributed by atoms with Gasteiger partial charge in [0.2, 0.25) is 0 Å². The third-order valence-corrected chi connectivity index (χ3v) is 5.54. The zero-order valence-electron chi connectivity index (χ0n) is 16.9. The van der Waals surface area contributed by atoms with Gasteiger partial charge >= 0.3 is 16.1 Å². The van der Waals surface area contributed by atoms with Crippen LogP contribution in [0.4, 0.5) is 9.18 Å². The zero-order valence-corrected chi connectivity index (χ0v) is 17.7. The average Bonchev–Trinajstić information content (AvgIpc) is 2.67. The minimum absolute atomic E-state index is 0.00593. The lowest BCUT2D eigenvalue weighted by atomic mass is 10.2. The molecule has 0 atom stereocenters. The van der Waals surface area contributed by atoms with E-state index in [1.807, 2.05) is 13.8 Å². The zero-order chi connectivity index (χ0) is 21.4. The van der Waals surface area contributed by atoms with Crippen LogP contribution in [0.15, 0.2) is 53.4 Å². The number of amides is 2. The largest absolute Gasteiger partial charge is 0.379 e. The van der Waals surface area contributed by atoms with E-state index >= 15 is 0 Å². The topological polar surface area (TPSA) is 75.7 Å². The summed E-state index contributed by atoms with van der Waals surface area (Å²) in [5.74, 6) is -0.386. The molecule has 0 unspecified atom stereocenters. The van der Waals surface area contributed by atoms with Gasteiger partial charge in [0, 0.05) is 19.1 Å². The molecule has 0 bridgehead atoms. The van der Waals surface area contributed by atoms with Crippen LogP contribution in [0.3, 0.4) is 0 Å². The van der Waals surface area contributed by atoms with Crippen LogP contribution in [0.25, 0.3) is 0 Å². The molecule has 2 rings (SSSR count). The highest BCUT2D eigenvalue weighted by Crippen LogP contribution is 2.20. The van der Waals surface area contributed by atoms with Gasteiger partial charge in [0.15, 0.2) is 0 Å². The smallest absolute Gasteiger partial charge is 0.339 e. The summed E-state index contributed by atoms with van der Waals surface area (Å²) >= 11 is 0. The number of halogens is 1. The van der Waals surface area contributed by atoms with E-state index in [0.717, 1.165) is 42.7 Å². The van der Waals surface area contributed by atoms with Gasteiger partial charge in [-0.1, -0.05) is 25.5 Å². The molecule has 29 heavy (non-hydrogen) atoms. The second-order valence-electron chi connectivity index (χ2n) is 6.94. The van der Waals surface area contributed by atoms with E-state index in [2.05, 4.69) is 12.2 Å². The number of carbonyl (C=O) groups is 1. The maximum absolute atomic E-state index is 13.0. The summed E-state index contributed by atoms with van der Waals surface area (Å²) in [5, 5.41) is 2.91. The molecule has 8 heteroatoms. The number of urea groups is 1. The van der Waals surface area contributed by atoms with Crippen LogP contribution in [-0.4, -0.2) is 31.9 Å². The van der Waals surface area contributed by atoms with Crippen molar-refractivity contribution < 1.29 is 21.8 Å². The van der Waals surface area contributed by atoms with Crippen LogP contribution in [-0.2, 0) is 16.7 Å². The first kappa shape index (κ1) is 22.7. The van der Waals surface area contributed by atoms with Crippen molar-refractivity contribution in [1.82, 2.24) is 10.2 Å². The molecule has 0 radical (unpaired) electrons. The second kappa shape index (κ2) is 10.2. The van der Waals surface area contributed by atoms with Crippen LogP contribution in [0.1, 0.15) is 39.2 Å². The van der Waals surface area contributed by atoms with Gasteiger partial charge in [-0.3, -0.25) is 0 Å². The Morgan fingerprint density at radius 3 is 2.28 bits per heavy atom. The number of nitrogens with zero attached hydrogens (tertiary/aromatic N) is 1. The van der Waals surface area contributed by atoms with Crippen LogP contribution in [0.2, 0.25) is 0 Å². The number of rotatable bonds is 9. The molecular formula is C21H27FN2O4S. The normalized spacial score (nSPS) is 11.3. The number of hydrogen-bond acceptors (Lipinski definition) is 4. The molecule has 0 saturated carbocycles. The first-order valence-electron chi connectivity index (χ1n) is 9.56. The molecule has 2 aromatic carbocycles. The van der Waals surface area contributed by atoms with Gasteiger partial charge in [-0.05, 0) is 62.2 Å². The molecule has 1 N–H and O–H groups in total. The van der Waals surface area contributed by atoms with E-state index in [4.69, 9.17) is 4.18 Å². The summed E-state index contributed by atoms with van der Waals surface area (Å²) in [6.07, 6.45) is 1.93. The van der Waals surface area contributed by atoms with Crippen LogP contribution >= 0.6 is 0 Å². The van der Waals surface area contributed by atoms with Crippen LogP contribution in [0, 0.1) is 5.82 Å². The minimum Gasteiger partial charge on any atom is -0.379 e. The Labute approximate surface area is 171 Å². The Kier molecular flexibility index (Phi) is 8.01. The van der Waals surface area contributed by atoms with E-state index in [0.29, 0.717) is 13.1 Å². The maximum atomic E-state index is 13.0. The molecule has 0 saturated heterocycles. The highest BCUT2D eigenvalue weighted by Gasteiger charge is 2.18. The van der Waals surface area contributed by atoms with Crippen molar-refractivity contribution in [3.05, 3.63) is 59.9 Å². The molecule has 0 aliphatic carbocycles. The minimum atomic E-state index is -4.05. The van der Waals surface area contributed by atoms with Crippen molar-refractivity contribution in [1.29, 1.82) is 0 Å². The quantitative estimate of drug-likeness (QED) is 0.483. The average molecular weight is 423 g/mol. The lowest BCUT2D eigenvalue weighted by molar-refractivity contribution is 0.179. The molecule has 2 aromatic rings. The number of unbranched alkanes of at least 4 members (excludes halogenated alkanes) is 1. The van der Waals surface area contributed by atoms with E-state index in [-0.39, 0.29) is 22.7 Å². The molecule has 0 aliphatic heterocycles. The molecular weight excluding hydrogens is 395 g/mol. The fraction of sp³-hybridized carbons (Fsp3) is 0.381. The maximum Gasteiger partial charge on any atom is 0.339 e. The summed E-state index contributed by atoms with van der Waals surface area (Å²) in [6.45, 7) is 6.96. The van der Waals surface area contributed by atoms with Gasteiger partial charge in [0.1, 0.15) is 16.5 Å². The van der Waals surface area contributed by atoms with Crippen molar-refractivity contribution in [3.63, 3.8) is 0 Å². The summed E-state index contributed by atoms with van der Waals surface area (Å²) in [4.78, 5) is 14.0. The highest BCUT2D eigenvalue weighted by atomic mass is 32.2. The Bertz CT molecular complexity index is 897. The molecule has 0 heterocycles. The van der Waals surface area contributed by atoms with Crippen molar-refractivity contribution in [2.75, 3.05) is 6.54 Å². The van der Waals surface area contributed by atoms with E-state index in [9.17, 15) is 17.6 Å². The van der Waals surface area contributed by atoms with Gasteiger partial charge < -0.3 is 14.4 Å². The molecule has 0 aliphatic rings. The number of hydrogen-bond donors (Lipinski definition) is 1. The molecule has 0 spiro atoms. The number of benzene rings is 2. The predicted octanol–water partition coefficient (Wildman–Crippen LogP) is 4.31. The lowest BCUT2D eigenvalue weighted by Gasteiger charge is -2.27. The SMILES string of the molecule is CCCCNC(=O)N(Cc1ccc(OS(=O)(=O)c2ccc(F)cc2)cc1)C(C)C. The van der Waals surface area contributed by atoms with Crippen molar-refractivity contribution >= 4 is 16.1 Å². The number of carbonyl (C=O) groups excluding carboxylic acids is 1. The molecule has 0 aromatic heterocycles. The van der Waals surface area contributed by atoms with Crippen LogP contribution in [0.5, 0.6) is 5.75 Å². The van der Waals surface area contributed by atoms with E-state index < -0.39 is 15.9 Å². The molecule has 0 fully saturated rings. The third kappa shape index (κ3) is 6.74. The molecule has 158 valence electrons. The first-order valence-corrected chi connectivity index (χ1v) is 11.0. The lowest BCUT2D eigenvalue weighted by Crippen LogP contribution is -2.43. The van der Waals surface area contributed by atoms with Crippen molar-refractivity contribution in [2.24, 2.45) is 0 Å². The Morgan fingerprint density at radius 1 is 1.10 bits per heavy atom. The standard InChI is InChI=1S/C21H27FN2O4S/c1-4-5-14-23-21(25)24(16(2)3)15-17-6-10-19(11-7-17)28-29(26,27)20-12-8-18(22)9-13-20/h6-13,16H,4-5,14-15H2,1-3H3,(H,23,25). The monoisotopic (exact) mass is 422 g/mol. The van der Waals surface area contributed by atoms with Gasteiger partial charge in [-0.15, -0.1) is 0 Å². The van der Waals surface area contributed by atoms with E-state index in [1.165, 1.54) is 12.1 Å². The van der Waals surface area contributed by atoms with Gasteiger partial charge in [0.05, 0.1) is 0 Å². The highest BCUT2D eigenvalue weighted by molar-refractivity contribution is 7.87. The Hall–Kier alpha value is -2.61. The Balaban J connectivity index is 2.04. The summed E-state index contributed by atoms with van der Waals surface area (Å²) in [7, 11) is -4.05. The second-order valence-corrected chi connectivity index (χ2v) is 8.49. The van der Waals surface area contributed by atoms with E-state index in [1.54, 1.807) is 17.0 Å². The fourth-order valence-corrected chi connectivity index (χ4v) is 3.52. The van der Waals surface area contributed by atoms with Crippen molar-refractivity contribution in [2.45, 2.75) is 51.1 Å². The fourth-order valence-electron chi connectivity index (χ4n) is 2.59. The summed E-state index contributed by atoms with van der Waals surface area (Å²) < 4.78 is 42.6. The van der Waals surface area contributed by atoms with Gasteiger partial charge in [0.25, 0.3) is 0 Å². The van der Waals surface area contributed by atoms with Gasteiger partial charge in [-0.25, -0.2) is 9.18 Å². The predicted molar refractivity (Wildman–Crippen MR) is 110 cm³/mol. The summed E-state index contributed by atoms with van der Waals surface area (Å²) in [5.41, 5.74) is 0.843. The van der Waals surface area contributed by atoms with Crippen molar-refractivity contribution in [3.8, 4) is 5.75 Å². The summed E-state index contributed by atoms with van der Waals surface area (Å²) in [6, 6.07) is 10.8. The molecule has 6 nitrogen and oxygen atoms in total. The third-order valence-electron chi connectivity index (χ3n) is 4.28. The first-order chi connectivity index (χ1) is 13.7. The Morgan fingerprint density at radius 2 is 1.72 bits per heavy atom. The molecule has 2 amide bonds.